The van der Waals surface area contributed by atoms with E-state index in [0.717, 1.165) is 31.4 Å². The molecule has 0 aromatic heterocycles. The zero-order valence-electron chi connectivity index (χ0n) is 14.2. The Hall–Kier alpha value is -2.94. The molecule has 0 saturated heterocycles. The minimum Gasteiger partial charge on any atom is -0.465 e. The maximum absolute atomic E-state index is 14.6. The molecular formula is C17H16FNO6S. The largest absolute Gasteiger partial charge is 0.465 e. The quantitative estimate of drug-likeness (QED) is 0.734. The van der Waals surface area contributed by atoms with Crippen molar-refractivity contribution in [1.82, 2.24) is 0 Å². The van der Waals surface area contributed by atoms with Gasteiger partial charge >= 0.3 is 11.9 Å². The highest BCUT2D eigenvalue weighted by Gasteiger charge is 2.29. The number of anilines is 1. The summed E-state index contributed by atoms with van der Waals surface area (Å²) in [5.74, 6) is -2.61. The molecule has 0 radical (unpaired) electrons. The second-order valence-electron chi connectivity index (χ2n) is 5.20. The summed E-state index contributed by atoms with van der Waals surface area (Å²) in [7, 11) is -1.35. The van der Waals surface area contributed by atoms with Crippen LogP contribution >= 0.6 is 0 Å². The van der Waals surface area contributed by atoms with Gasteiger partial charge in [-0.2, -0.15) is 0 Å². The van der Waals surface area contributed by atoms with Crippen molar-refractivity contribution >= 4 is 27.5 Å². The van der Waals surface area contributed by atoms with Crippen molar-refractivity contribution in [2.45, 2.75) is 4.90 Å². The van der Waals surface area contributed by atoms with Crippen molar-refractivity contribution in [3.8, 4) is 0 Å². The Kier molecular flexibility index (Phi) is 5.61. The average molecular weight is 381 g/mol. The SMILES string of the molecule is COC(=O)C1=C(C(=O)OC)N(c2ccc(S(C)(=O)=O)cc2F)C=CC=C1. The fraction of sp³-hybridized carbons (Fsp3) is 0.176. The lowest BCUT2D eigenvalue weighted by molar-refractivity contribution is -0.139. The molecule has 1 aromatic rings. The molecule has 138 valence electrons. The average Bonchev–Trinajstić information content (AvgIpc) is 2.82. The number of carbonyl (C=O) groups excluding carboxylic acids is 2. The molecule has 0 bridgehead atoms. The van der Waals surface area contributed by atoms with Crippen LogP contribution in [0.4, 0.5) is 10.1 Å². The zero-order valence-corrected chi connectivity index (χ0v) is 15.0. The number of hydrogen-bond acceptors (Lipinski definition) is 7. The van der Waals surface area contributed by atoms with E-state index in [-0.39, 0.29) is 21.9 Å². The molecule has 0 aliphatic carbocycles. The topological polar surface area (TPSA) is 90.0 Å². The number of rotatable bonds is 4. The van der Waals surface area contributed by atoms with Crippen LogP contribution in [0.5, 0.6) is 0 Å². The molecule has 0 fully saturated rings. The van der Waals surface area contributed by atoms with Gasteiger partial charge in [-0.15, -0.1) is 0 Å². The van der Waals surface area contributed by atoms with Crippen LogP contribution in [0, 0.1) is 5.82 Å². The van der Waals surface area contributed by atoms with E-state index in [0.29, 0.717) is 0 Å². The molecule has 1 aliphatic heterocycles. The van der Waals surface area contributed by atoms with Gasteiger partial charge in [0.2, 0.25) is 0 Å². The monoisotopic (exact) mass is 381 g/mol. The number of hydrogen-bond donors (Lipinski definition) is 0. The fourth-order valence-corrected chi connectivity index (χ4v) is 2.90. The second kappa shape index (κ2) is 7.52. The first-order chi connectivity index (χ1) is 12.2. The van der Waals surface area contributed by atoms with E-state index in [1.165, 1.54) is 36.6 Å². The van der Waals surface area contributed by atoms with Crippen molar-refractivity contribution in [3.05, 3.63) is 59.7 Å². The number of allylic oxidation sites excluding steroid dienone is 2. The molecule has 0 amide bonds. The molecule has 0 spiro atoms. The minimum absolute atomic E-state index is 0.140. The predicted molar refractivity (Wildman–Crippen MR) is 91.3 cm³/mol. The van der Waals surface area contributed by atoms with E-state index in [1.807, 2.05) is 0 Å². The molecule has 0 N–H and O–H groups in total. The van der Waals surface area contributed by atoms with Gasteiger partial charge in [-0.05, 0) is 30.4 Å². The molecule has 2 rings (SSSR count). The molecule has 1 heterocycles. The standard InChI is InChI=1S/C17H16FNO6S/c1-24-16(20)12-6-4-5-9-19(15(12)17(21)25-2)14-8-7-11(10-13(14)18)26(3,22)23/h4-10H,1-3H3. The van der Waals surface area contributed by atoms with Crippen molar-refractivity contribution in [3.63, 3.8) is 0 Å². The third-order valence-corrected chi connectivity index (χ3v) is 4.61. The lowest BCUT2D eigenvalue weighted by Crippen LogP contribution is -2.27. The Balaban J connectivity index is 2.69. The summed E-state index contributed by atoms with van der Waals surface area (Å²) >= 11 is 0. The smallest absolute Gasteiger partial charge is 0.355 e. The van der Waals surface area contributed by atoms with Gasteiger partial charge < -0.3 is 14.4 Å². The summed E-state index contributed by atoms with van der Waals surface area (Å²) in [6, 6.07) is 3.23. The van der Waals surface area contributed by atoms with Gasteiger partial charge in [-0.1, -0.05) is 6.08 Å². The van der Waals surface area contributed by atoms with Gasteiger partial charge in [0.05, 0.1) is 30.4 Å². The number of sulfone groups is 1. The van der Waals surface area contributed by atoms with E-state index >= 15 is 0 Å². The van der Waals surface area contributed by atoms with Gasteiger partial charge in [-0.25, -0.2) is 22.4 Å². The lowest BCUT2D eigenvalue weighted by Gasteiger charge is -2.23. The lowest BCUT2D eigenvalue weighted by atomic mass is 10.1. The van der Waals surface area contributed by atoms with Gasteiger partial charge in [0, 0.05) is 12.5 Å². The summed E-state index contributed by atoms with van der Waals surface area (Å²) in [5, 5.41) is 0. The van der Waals surface area contributed by atoms with Crippen LogP contribution in [0.2, 0.25) is 0 Å². The molecule has 7 nitrogen and oxygen atoms in total. The maximum Gasteiger partial charge on any atom is 0.355 e. The molecule has 1 aromatic carbocycles. The Morgan fingerprint density at radius 2 is 1.73 bits per heavy atom. The third-order valence-electron chi connectivity index (χ3n) is 3.50. The molecule has 9 heteroatoms. The number of methoxy groups -OCH3 is 2. The van der Waals surface area contributed by atoms with Gasteiger partial charge in [-0.3, -0.25) is 0 Å². The maximum atomic E-state index is 14.6. The molecule has 26 heavy (non-hydrogen) atoms. The Labute approximate surface area is 149 Å². The summed E-state index contributed by atoms with van der Waals surface area (Å²) in [6.45, 7) is 0. The predicted octanol–water partition coefficient (Wildman–Crippen LogP) is 1.72. The summed E-state index contributed by atoms with van der Waals surface area (Å²) in [6.07, 6.45) is 6.57. The highest BCUT2D eigenvalue weighted by Crippen LogP contribution is 2.29. The van der Waals surface area contributed by atoms with Crippen LogP contribution in [0.15, 0.2) is 58.8 Å². The van der Waals surface area contributed by atoms with E-state index in [2.05, 4.69) is 4.74 Å². The Morgan fingerprint density at radius 3 is 2.27 bits per heavy atom. The summed E-state index contributed by atoms with van der Waals surface area (Å²) in [5.41, 5.74) is -0.551. The number of benzene rings is 1. The fourth-order valence-electron chi connectivity index (χ4n) is 2.26. The first-order valence-corrected chi connectivity index (χ1v) is 9.14. The minimum atomic E-state index is -3.61. The molecule has 0 atom stereocenters. The number of carbonyl (C=O) groups is 2. The van der Waals surface area contributed by atoms with Crippen molar-refractivity contribution < 1.29 is 31.9 Å². The first-order valence-electron chi connectivity index (χ1n) is 7.25. The van der Waals surface area contributed by atoms with Gasteiger partial charge in [0.1, 0.15) is 11.5 Å². The van der Waals surface area contributed by atoms with Crippen LogP contribution in [0.25, 0.3) is 0 Å². The number of esters is 2. The number of ether oxygens (including phenoxy) is 2. The van der Waals surface area contributed by atoms with Crippen molar-refractivity contribution in [1.29, 1.82) is 0 Å². The molecule has 0 unspecified atom stereocenters. The summed E-state index contributed by atoms with van der Waals surface area (Å²) < 4.78 is 47.1. The van der Waals surface area contributed by atoms with Crippen LogP contribution in [0.3, 0.4) is 0 Å². The summed E-state index contributed by atoms with van der Waals surface area (Å²) in [4.78, 5) is 25.2. The second-order valence-corrected chi connectivity index (χ2v) is 7.22. The van der Waals surface area contributed by atoms with E-state index in [4.69, 9.17) is 4.74 Å². The Bertz CT molecular complexity index is 946. The number of nitrogens with zero attached hydrogens (tertiary/aromatic N) is 1. The van der Waals surface area contributed by atoms with Crippen LogP contribution in [0.1, 0.15) is 0 Å². The van der Waals surface area contributed by atoms with Crippen LogP contribution in [-0.4, -0.2) is 40.8 Å². The van der Waals surface area contributed by atoms with Gasteiger partial charge in [0.25, 0.3) is 0 Å². The van der Waals surface area contributed by atoms with Crippen molar-refractivity contribution in [2.24, 2.45) is 0 Å². The molecule has 0 saturated carbocycles. The third kappa shape index (κ3) is 3.83. The van der Waals surface area contributed by atoms with E-state index in [1.54, 1.807) is 0 Å². The first kappa shape index (κ1) is 19.4. The highest BCUT2D eigenvalue weighted by molar-refractivity contribution is 7.90. The van der Waals surface area contributed by atoms with Crippen molar-refractivity contribution in [2.75, 3.05) is 25.4 Å². The zero-order chi connectivity index (χ0) is 19.5. The normalized spacial score (nSPS) is 14.2. The van der Waals surface area contributed by atoms with Crippen LogP contribution < -0.4 is 4.90 Å². The van der Waals surface area contributed by atoms with E-state index in [9.17, 15) is 22.4 Å². The van der Waals surface area contributed by atoms with E-state index < -0.39 is 27.6 Å². The van der Waals surface area contributed by atoms with Crippen LogP contribution in [-0.2, 0) is 28.9 Å². The molecule has 1 aliphatic rings. The molecular weight excluding hydrogens is 365 g/mol. The number of halogens is 1. The Morgan fingerprint density at radius 1 is 1.08 bits per heavy atom. The highest BCUT2D eigenvalue weighted by atomic mass is 32.2. The van der Waals surface area contributed by atoms with Gasteiger partial charge in [0.15, 0.2) is 9.84 Å².